The normalized spacial score (nSPS) is 20.9. The van der Waals surface area contributed by atoms with E-state index >= 15 is 0 Å². The molecule has 0 spiro atoms. The van der Waals surface area contributed by atoms with Crippen molar-refractivity contribution in [1.82, 2.24) is 34.5 Å². The van der Waals surface area contributed by atoms with Gasteiger partial charge in [-0.15, -0.1) is 10.2 Å². The number of hydrogen-bond acceptors (Lipinski definition) is 8. The summed E-state index contributed by atoms with van der Waals surface area (Å²) in [4.78, 5) is 6.25. The summed E-state index contributed by atoms with van der Waals surface area (Å²) < 4.78 is 44.1. The first-order chi connectivity index (χ1) is 17.0. The fourth-order valence-corrected chi connectivity index (χ4v) is 4.84. The molecular weight excluding hydrogens is 458 g/mol. The van der Waals surface area contributed by atoms with Crippen LogP contribution in [0.15, 0.2) is 30.5 Å². The van der Waals surface area contributed by atoms with Crippen LogP contribution in [-0.4, -0.2) is 85.9 Å². The van der Waals surface area contributed by atoms with E-state index in [2.05, 4.69) is 25.7 Å². The molecule has 35 heavy (non-hydrogen) atoms. The van der Waals surface area contributed by atoms with Gasteiger partial charge in [-0.05, 0) is 37.1 Å². The Morgan fingerprint density at radius 1 is 1.26 bits per heavy atom. The molecule has 12 heteroatoms. The number of methoxy groups -OCH3 is 1. The Hall–Kier alpha value is -3.38. The van der Waals surface area contributed by atoms with Gasteiger partial charge in [0.05, 0.1) is 44.5 Å². The Kier molecular flexibility index (Phi) is 5.29. The van der Waals surface area contributed by atoms with Gasteiger partial charge in [-0.1, -0.05) is 11.3 Å². The van der Waals surface area contributed by atoms with E-state index in [0.29, 0.717) is 37.7 Å². The Balaban J connectivity index is 1.31. The van der Waals surface area contributed by atoms with Crippen LogP contribution in [0, 0.1) is 0 Å². The maximum absolute atomic E-state index is 15.0. The largest absolute Gasteiger partial charge is 0.479 e. The van der Waals surface area contributed by atoms with E-state index in [1.54, 1.807) is 15.6 Å². The molecule has 6 rings (SSSR count). The number of aryl methyl sites for hydroxylation is 1. The minimum Gasteiger partial charge on any atom is -0.479 e. The van der Waals surface area contributed by atoms with Crippen molar-refractivity contribution in [3.63, 3.8) is 0 Å². The van der Waals surface area contributed by atoms with Crippen molar-refractivity contribution in [2.24, 2.45) is 0 Å². The van der Waals surface area contributed by atoms with Gasteiger partial charge < -0.3 is 14.8 Å². The second-order valence-corrected chi connectivity index (χ2v) is 8.98. The molecule has 1 atom stereocenters. The summed E-state index contributed by atoms with van der Waals surface area (Å²) in [5, 5.41) is 15.7. The number of hydrogen-bond donors (Lipinski definition) is 1. The van der Waals surface area contributed by atoms with Crippen LogP contribution in [0.5, 0.6) is 5.88 Å². The van der Waals surface area contributed by atoms with Gasteiger partial charge in [0.1, 0.15) is 11.0 Å². The van der Waals surface area contributed by atoms with Crippen LogP contribution in [0.4, 0.5) is 14.7 Å². The lowest BCUT2D eigenvalue weighted by atomic mass is 9.98. The first kappa shape index (κ1) is 22.1. The monoisotopic (exact) mass is 484 g/mol. The summed E-state index contributed by atoms with van der Waals surface area (Å²) in [6.07, 6.45) is 2.06. The zero-order valence-electron chi connectivity index (χ0n) is 19.5. The Labute approximate surface area is 199 Å². The number of aromatic nitrogens is 6. The number of alkyl halides is 2. The van der Waals surface area contributed by atoms with Gasteiger partial charge in [-0.2, -0.15) is 4.98 Å². The molecule has 2 aliphatic rings. The summed E-state index contributed by atoms with van der Waals surface area (Å²) in [6, 6.07) is 6.81. The summed E-state index contributed by atoms with van der Waals surface area (Å²) in [5.74, 6) is -2.52. The van der Waals surface area contributed by atoms with Crippen LogP contribution in [-0.2, 0) is 11.3 Å². The highest BCUT2D eigenvalue weighted by Gasteiger charge is 2.47. The number of anilines is 1. The van der Waals surface area contributed by atoms with Gasteiger partial charge >= 0.3 is 0 Å². The Morgan fingerprint density at radius 2 is 2.11 bits per heavy atom. The van der Waals surface area contributed by atoms with Gasteiger partial charge in [0.25, 0.3) is 5.92 Å². The van der Waals surface area contributed by atoms with E-state index < -0.39 is 12.0 Å². The molecule has 0 bridgehead atoms. The molecule has 0 amide bonds. The van der Waals surface area contributed by atoms with Crippen molar-refractivity contribution >= 4 is 22.5 Å². The standard InChI is InChI=1S/C23H26F2N8O2/c1-3-32-18-10-14(4-5-17(18)28-30-32)16-6-9-33-20(16)21(34-2)27-22(29-33)26-19-7-8-31(13-23(19,24)25)15-11-35-12-15/h4-6,9-10,15,19H,3,7-8,11-13H2,1-2H3,(H,26,29)/t19-/m1/s1. The van der Waals surface area contributed by atoms with Gasteiger partial charge in [-0.25, -0.2) is 18.0 Å². The van der Waals surface area contributed by atoms with Crippen LogP contribution in [0.2, 0.25) is 0 Å². The SMILES string of the molecule is CCn1nnc2ccc(-c3ccn4nc(N[C@@H]5CCN(C6COC6)CC5(F)F)nc(OC)c34)cc21. The van der Waals surface area contributed by atoms with Gasteiger partial charge in [0.15, 0.2) is 0 Å². The minimum atomic E-state index is -2.92. The maximum Gasteiger partial charge on any atom is 0.280 e. The molecule has 2 aliphatic heterocycles. The zero-order valence-corrected chi connectivity index (χ0v) is 19.5. The molecule has 0 unspecified atom stereocenters. The summed E-state index contributed by atoms with van der Waals surface area (Å²) in [5.41, 5.74) is 4.17. The number of piperidine rings is 1. The number of nitrogens with zero attached hydrogens (tertiary/aromatic N) is 7. The third-order valence-corrected chi connectivity index (χ3v) is 6.87. The van der Waals surface area contributed by atoms with Gasteiger partial charge in [-0.3, -0.25) is 4.90 Å². The lowest BCUT2D eigenvalue weighted by molar-refractivity contribution is -0.131. The molecule has 0 saturated carbocycles. The van der Waals surface area contributed by atoms with Crippen LogP contribution in [0.25, 0.3) is 27.7 Å². The van der Waals surface area contributed by atoms with E-state index in [1.807, 2.05) is 35.9 Å². The molecular formula is C23H26F2N8O2. The van der Waals surface area contributed by atoms with Crippen molar-refractivity contribution in [2.75, 3.05) is 38.7 Å². The third-order valence-electron chi connectivity index (χ3n) is 6.87. The average molecular weight is 485 g/mol. The van der Waals surface area contributed by atoms with Gasteiger partial charge in [0, 0.05) is 24.8 Å². The van der Waals surface area contributed by atoms with Crippen LogP contribution in [0.3, 0.4) is 0 Å². The number of nitrogens with one attached hydrogen (secondary N) is 1. The molecule has 0 radical (unpaired) electrons. The molecule has 1 N–H and O–H groups in total. The van der Waals surface area contributed by atoms with Crippen molar-refractivity contribution in [1.29, 1.82) is 0 Å². The molecule has 2 fully saturated rings. The Bertz CT molecular complexity index is 1380. The van der Waals surface area contributed by atoms with Crippen molar-refractivity contribution < 1.29 is 18.3 Å². The van der Waals surface area contributed by atoms with Crippen LogP contribution in [0.1, 0.15) is 13.3 Å². The number of fused-ring (bicyclic) bond motifs is 2. The summed E-state index contributed by atoms with van der Waals surface area (Å²) >= 11 is 0. The number of rotatable bonds is 6. The molecule has 5 heterocycles. The average Bonchev–Trinajstić information content (AvgIpc) is 3.42. The maximum atomic E-state index is 15.0. The first-order valence-electron chi connectivity index (χ1n) is 11.7. The lowest BCUT2D eigenvalue weighted by Crippen LogP contribution is -2.61. The molecule has 3 aromatic heterocycles. The van der Waals surface area contributed by atoms with Crippen LogP contribution < -0.4 is 10.1 Å². The molecule has 2 saturated heterocycles. The third kappa shape index (κ3) is 3.76. The summed E-state index contributed by atoms with van der Waals surface area (Å²) in [6.45, 7) is 4.01. The highest BCUT2D eigenvalue weighted by molar-refractivity contribution is 5.89. The second kappa shape index (κ2) is 8.38. The highest BCUT2D eigenvalue weighted by atomic mass is 19.3. The predicted octanol–water partition coefficient (Wildman–Crippen LogP) is 2.69. The topological polar surface area (TPSA) is 94.6 Å². The first-order valence-corrected chi connectivity index (χ1v) is 11.7. The molecule has 184 valence electrons. The lowest BCUT2D eigenvalue weighted by Gasteiger charge is -2.44. The van der Waals surface area contributed by atoms with Crippen molar-refractivity contribution in [2.45, 2.75) is 37.9 Å². The molecule has 1 aromatic carbocycles. The number of halogens is 2. The van der Waals surface area contributed by atoms with E-state index in [9.17, 15) is 8.78 Å². The predicted molar refractivity (Wildman–Crippen MR) is 125 cm³/mol. The fourth-order valence-electron chi connectivity index (χ4n) is 4.84. The van der Waals surface area contributed by atoms with Gasteiger partial charge in [0.2, 0.25) is 11.8 Å². The second-order valence-electron chi connectivity index (χ2n) is 8.98. The van der Waals surface area contributed by atoms with E-state index in [-0.39, 0.29) is 25.0 Å². The Morgan fingerprint density at radius 3 is 2.83 bits per heavy atom. The number of likely N-dealkylation sites (tertiary alicyclic amines) is 1. The van der Waals surface area contributed by atoms with E-state index in [1.165, 1.54) is 7.11 Å². The number of benzene rings is 1. The summed E-state index contributed by atoms with van der Waals surface area (Å²) in [7, 11) is 1.51. The fraction of sp³-hybridized carbons (Fsp3) is 0.478. The smallest absolute Gasteiger partial charge is 0.280 e. The van der Waals surface area contributed by atoms with Crippen molar-refractivity contribution in [3.05, 3.63) is 30.5 Å². The number of ether oxygens (including phenoxy) is 2. The zero-order chi connectivity index (χ0) is 24.2. The molecule has 10 nitrogen and oxygen atoms in total. The van der Waals surface area contributed by atoms with Crippen molar-refractivity contribution in [3.8, 4) is 17.0 Å². The minimum absolute atomic E-state index is 0.0822. The van der Waals surface area contributed by atoms with E-state index in [4.69, 9.17) is 9.47 Å². The highest BCUT2D eigenvalue weighted by Crippen LogP contribution is 2.35. The molecule has 0 aliphatic carbocycles. The van der Waals surface area contributed by atoms with E-state index in [0.717, 1.165) is 22.2 Å². The quantitative estimate of drug-likeness (QED) is 0.447. The van der Waals surface area contributed by atoms with Crippen LogP contribution >= 0.6 is 0 Å². The molecule has 4 aromatic rings.